The average molecular weight is 432 g/mol. The summed E-state index contributed by atoms with van der Waals surface area (Å²) in [6.07, 6.45) is 0.914. The average Bonchev–Trinajstić information content (AvgIpc) is 2.60. The highest BCUT2D eigenvalue weighted by Gasteiger charge is 2.22. The molecule has 0 atom stereocenters. The number of halogens is 1. The molecule has 0 aromatic heterocycles. The van der Waals surface area contributed by atoms with Gasteiger partial charge in [0.2, 0.25) is 10.0 Å². The summed E-state index contributed by atoms with van der Waals surface area (Å²) in [6.45, 7) is 0. The molecule has 0 fully saturated rings. The first-order valence-corrected chi connectivity index (χ1v) is 10.9. The van der Waals surface area contributed by atoms with E-state index in [-0.39, 0.29) is 22.7 Å². The topological polar surface area (TPSA) is 128 Å². The number of benzene rings is 2. The minimum Gasteiger partial charge on any atom is -0.495 e. The van der Waals surface area contributed by atoms with Gasteiger partial charge in [0.15, 0.2) is 0 Å². The van der Waals surface area contributed by atoms with Gasteiger partial charge in [-0.05, 0) is 36.4 Å². The zero-order chi connectivity index (χ0) is 21.1. The maximum absolute atomic E-state index is 14.1. The second-order valence-electron chi connectivity index (χ2n) is 5.53. The molecule has 0 unspecified atom stereocenters. The molecule has 0 bridgehead atoms. The minimum atomic E-state index is -4.44. The third-order valence-corrected chi connectivity index (χ3v) is 5.38. The number of anilines is 2. The van der Waals surface area contributed by atoms with Crippen LogP contribution in [0.4, 0.5) is 15.8 Å². The number of nitrogens with one attached hydrogen (secondary N) is 2. The Morgan fingerprint density at radius 1 is 1.00 bits per heavy atom. The lowest BCUT2D eigenvalue weighted by Gasteiger charge is -2.14. The molecule has 12 heteroatoms. The molecule has 0 aliphatic carbocycles. The molecule has 0 saturated heterocycles. The van der Waals surface area contributed by atoms with Crippen LogP contribution in [0.5, 0.6) is 5.75 Å². The number of hydrogen-bond acceptors (Lipinski definition) is 7. The fraction of sp³-hybridized carbons (Fsp3) is 0.188. The van der Waals surface area contributed by atoms with Gasteiger partial charge < -0.3 is 9.47 Å². The van der Waals surface area contributed by atoms with E-state index in [2.05, 4.69) is 14.2 Å². The first kappa shape index (κ1) is 21.4. The summed E-state index contributed by atoms with van der Waals surface area (Å²) >= 11 is 0. The van der Waals surface area contributed by atoms with Crippen molar-refractivity contribution >= 4 is 37.4 Å². The highest BCUT2D eigenvalue weighted by molar-refractivity contribution is 7.92. The van der Waals surface area contributed by atoms with Gasteiger partial charge in [-0.25, -0.2) is 26.0 Å². The molecule has 0 amide bonds. The maximum atomic E-state index is 14.1. The molecule has 2 rings (SSSR count). The molecule has 0 aliphatic heterocycles. The smallest absolute Gasteiger partial charge is 0.337 e. The molecular weight excluding hydrogens is 415 g/mol. The van der Waals surface area contributed by atoms with E-state index < -0.39 is 36.7 Å². The Morgan fingerprint density at radius 3 is 2.25 bits per heavy atom. The normalized spacial score (nSPS) is 11.6. The van der Waals surface area contributed by atoms with Gasteiger partial charge in [-0.1, -0.05) is 0 Å². The van der Waals surface area contributed by atoms with Crippen LogP contribution >= 0.6 is 0 Å². The Bertz CT molecular complexity index is 1120. The predicted octanol–water partition coefficient (Wildman–Crippen LogP) is 1.79. The van der Waals surface area contributed by atoms with Crippen molar-refractivity contribution in [1.82, 2.24) is 0 Å². The second-order valence-corrected chi connectivity index (χ2v) is 8.93. The van der Waals surface area contributed by atoms with Crippen LogP contribution in [0.2, 0.25) is 0 Å². The van der Waals surface area contributed by atoms with Crippen molar-refractivity contribution in [2.24, 2.45) is 0 Å². The Kier molecular flexibility index (Phi) is 6.14. The Balaban J connectivity index is 2.44. The highest BCUT2D eigenvalue weighted by Crippen LogP contribution is 2.30. The summed E-state index contributed by atoms with van der Waals surface area (Å²) < 4.78 is 76.0. The Labute approximate surface area is 161 Å². The fourth-order valence-corrected chi connectivity index (χ4v) is 3.93. The molecule has 0 spiro atoms. The zero-order valence-corrected chi connectivity index (χ0v) is 16.6. The van der Waals surface area contributed by atoms with Gasteiger partial charge in [0.25, 0.3) is 10.0 Å². The number of carbonyl (C=O) groups is 1. The summed E-state index contributed by atoms with van der Waals surface area (Å²) in [7, 11) is -5.70. The van der Waals surface area contributed by atoms with Crippen molar-refractivity contribution in [3.63, 3.8) is 0 Å². The second kappa shape index (κ2) is 8.02. The van der Waals surface area contributed by atoms with Crippen molar-refractivity contribution < 1.29 is 35.5 Å². The molecule has 2 N–H and O–H groups in total. The van der Waals surface area contributed by atoms with Gasteiger partial charge in [-0.15, -0.1) is 0 Å². The number of sulfonamides is 2. The summed E-state index contributed by atoms with van der Waals surface area (Å²) in [6, 6.07) is 6.54. The SMILES string of the molecule is COC(=O)c1ccc(F)c(S(=O)(=O)Nc2ccc(OC)c(NS(C)(=O)=O)c2)c1. The van der Waals surface area contributed by atoms with Crippen molar-refractivity contribution in [3.8, 4) is 5.75 Å². The van der Waals surface area contributed by atoms with E-state index >= 15 is 0 Å². The largest absolute Gasteiger partial charge is 0.495 e. The highest BCUT2D eigenvalue weighted by atomic mass is 32.2. The number of rotatable bonds is 7. The number of hydrogen-bond donors (Lipinski definition) is 2. The molecule has 28 heavy (non-hydrogen) atoms. The Hall–Kier alpha value is -2.86. The van der Waals surface area contributed by atoms with Gasteiger partial charge in [-0.2, -0.15) is 0 Å². The van der Waals surface area contributed by atoms with Crippen LogP contribution < -0.4 is 14.2 Å². The fourth-order valence-electron chi connectivity index (χ4n) is 2.22. The van der Waals surface area contributed by atoms with Crippen LogP contribution in [0.1, 0.15) is 10.4 Å². The Morgan fingerprint density at radius 2 is 1.68 bits per heavy atom. The van der Waals surface area contributed by atoms with Crippen molar-refractivity contribution in [2.75, 3.05) is 29.9 Å². The molecule has 152 valence electrons. The van der Waals surface area contributed by atoms with Gasteiger partial charge in [0.1, 0.15) is 16.5 Å². The van der Waals surface area contributed by atoms with Crippen LogP contribution in [0.15, 0.2) is 41.3 Å². The lowest BCUT2D eigenvalue weighted by atomic mass is 10.2. The monoisotopic (exact) mass is 432 g/mol. The lowest BCUT2D eigenvalue weighted by molar-refractivity contribution is 0.0600. The summed E-state index contributed by atoms with van der Waals surface area (Å²) in [5.41, 5.74) is -0.234. The molecule has 0 heterocycles. The van der Waals surface area contributed by atoms with E-state index in [1.54, 1.807) is 0 Å². The third kappa shape index (κ3) is 5.10. The third-order valence-electron chi connectivity index (χ3n) is 3.39. The molecule has 0 aliphatic rings. The summed E-state index contributed by atoms with van der Waals surface area (Å²) in [5, 5.41) is 0. The summed E-state index contributed by atoms with van der Waals surface area (Å²) in [4.78, 5) is 10.8. The first-order valence-electron chi connectivity index (χ1n) is 7.53. The first-order chi connectivity index (χ1) is 13.0. The van der Waals surface area contributed by atoms with E-state index in [0.717, 1.165) is 31.6 Å². The van der Waals surface area contributed by atoms with Crippen molar-refractivity contribution in [2.45, 2.75) is 4.90 Å². The number of ether oxygens (including phenoxy) is 2. The predicted molar refractivity (Wildman–Crippen MR) is 100 cm³/mol. The van der Waals surface area contributed by atoms with E-state index in [1.165, 1.54) is 25.3 Å². The quantitative estimate of drug-likeness (QED) is 0.639. The minimum absolute atomic E-state index is 0.0195. The van der Waals surface area contributed by atoms with Crippen LogP contribution in [-0.4, -0.2) is 43.3 Å². The number of carbonyl (C=O) groups excluding carboxylic acids is 1. The van der Waals surface area contributed by atoms with Crippen molar-refractivity contribution in [3.05, 3.63) is 47.8 Å². The van der Waals surface area contributed by atoms with Gasteiger partial charge in [0.05, 0.1) is 37.4 Å². The summed E-state index contributed by atoms with van der Waals surface area (Å²) in [5.74, 6) is -1.77. The van der Waals surface area contributed by atoms with Crippen LogP contribution in [0, 0.1) is 5.82 Å². The van der Waals surface area contributed by atoms with Gasteiger partial charge in [-0.3, -0.25) is 9.44 Å². The maximum Gasteiger partial charge on any atom is 0.337 e. The molecule has 9 nitrogen and oxygen atoms in total. The standard InChI is InChI=1S/C16H17FN2O7S2/c1-25-14-7-5-11(9-13(14)19-27(3,21)22)18-28(23,24)15-8-10(16(20)26-2)4-6-12(15)17/h4-9,18-19H,1-3H3. The van der Waals surface area contributed by atoms with Crippen LogP contribution in [0.3, 0.4) is 0 Å². The molecule has 2 aromatic carbocycles. The van der Waals surface area contributed by atoms with Crippen molar-refractivity contribution in [1.29, 1.82) is 0 Å². The van der Waals surface area contributed by atoms with E-state index in [1.807, 2.05) is 0 Å². The number of methoxy groups -OCH3 is 2. The molecular formula is C16H17FN2O7S2. The van der Waals surface area contributed by atoms with E-state index in [0.29, 0.717) is 0 Å². The zero-order valence-electron chi connectivity index (χ0n) is 15.0. The molecule has 2 aromatic rings. The lowest BCUT2D eigenvalue weighted by Crippen LogP contribution is -2.16. The van der Waals surface area contributed by atoms with Crippen LogP contribution in [-0.2, 0) is 24.8 Å². The van der Waals surface area contributed by atoms with Gasteiger partial charge >= 0.3 is 5.97 Å². The molecule has 0 radical (unpaired) electrons. The van der Waals surface area contributed by atoms with Crippen LogP contribution in [0.25, 0.3) is 0 Å². The molecule has 0 saturated carbocycles. The van der Waals surface area contributed by atoms with Gasteiger partial charge in [0, 0.05) is 0 Å². The van der Waals surface area contributed by atoms with E-state index in [9.17, 15) is 26.0 Å². The number of esters is 1. The van der Waals surface area contributed by atoms with E-state index in [4.69, 9.17) is 4.74 Å².